The number of nitrogens with two attached hydrogens (primary N) is 1. The molecule has 2 unspecified atom stereocenters. The number of morpholine rings is 1. The predicted octanol–water partition coefficient (Wildman–Crippen LogP) is 1.76. The summed E-state index contributed by atoms with van der Waals surface area (Å²) in [5, 5.41) is 0. The van der Waals surface area contributed by atoms with Gasteiger partial charge in [-0.25, -0.2) is 0 Å². The largest absolute Gasteiger partial charge is 0.374 e. The van der Waals surface area contributed by atoms with Crippen molar-refractivity contribution in [2.45, 2.75) is 58.1 Å². The summed E-state index contributed by atoms with van der Waals surface area (Å²) in [6.07, 6.45) is 6.94. The molecule has 1 aliphatic heterocycles. The van der Waals surface area contributed by atoms with Crippen molar-refractivity contribution in [2.75, 3.05) is 26.2 Å². The van der Waals surface area contributed by atoms with Gasteiger partial charge < -0.3 is 4.74 Å². The Morgan fingerprint density at radius 1 is 1.26 bits per heavy atom. The van der Waals surface area contributed by atoms with Crippen molar-refractivity contribution in [2.24, 2.45) is 17.7 Å². The minimum absolute atomic E-state index is 0.266. The molecule has 0 aromatic heterocycles. The van der Waals surface area contributed by atoms with Crippen LogP contribution in [0.1, 0.15) is 46.0 Å². The Hall–Kier alpha value is -0.160. The molecule has 0 aromatic rings. The minimum atomic E-state index is 0.266. The average Bonchev–Trinajstić information content (AvgIpc) is 2.49. The summed E-state index contributed by atoms with van der Waals surface area (Å²) >= 11 is 0. The molecule has 0 bridgehead atoms. The van der Waals surface area contributed by atoms with E-state index in [9.17, 15) is 0 Å². The second-order valence-electron chi connectivity index (χ2n) is 6.18. The maximum Gasteiger partial charge on any atom is 0.0871 e. The van der Waals surface area contributed by atoms with E-state index >= 15 is 0 Å². The van der Waals surface area contributed by atoms with Crippen molar-refractivity contribution in [3.8, 4) is 0 Å². The predicted molar refractivity (Wildman–Crippen MR) is 78.7 cm³/mol. The normalized spacial score (nSPS) is 35.2. The highest BCUT2D eigenvalue weighted by atomic mass is 16.5. The molecular formula is C15H31N3O. The van der Waals surface area contributed by atoms with Gasteiger partial charge in [0.1, 0.15) is 0 Å². The van der Waals surface area contributed by atoms with E-state index in [0.717, 1.165) is 32.2 Å². The van der Waals surface area contributed by atoms with Crippen molar-refractivity contribution in [3.63, 3.8) is 0 Å². The van der Waals surface area contributed by atoms with Gasteiger partial charge in [-0.05, 0) is 31.2 Å². The molecule has 4 heteroatoms. The van der Waals surface area contributed by atoms with Crippen LogP contribution in [0.25, 0.3) is 0 Å². The van der Waals surface area contributed by atoms with Gasteiger partial charge in [0.15, 0.2) is 0 Å². The molecule has 2 fully saturated rings. The van der Waals surface area contributed by atoms with Gasteiger partial charge in [0.05, 0.1) is 18.8 Å². The molecule has 1 saturated carbocycles. The number of rotatable bonds is 5. The number of likely N-dealkylation sites (N-methyl/N-ethyl adjacent to an activating group) is 1. The summed E-state index contributed by atoms with van der Waals surface area (Å²) in [5.74, 6) is 7.47. The Morgan fingerprint density at radius 3 is 2.58 bits per heavy atom. The molecular weight excluding hydrogens is 238 g/mol. The number of hydrogen-bond acceptors (Lipinski definition) is 4. The monoisotopic (exact) mass is 269 g/mol. The topological polar surface area (TPSA) is 50.5 Å². The average molecular weight is 269 g/mol. The van der Waals surface area contributed by atoms with Gasteiger partial charge in [0.2, 0.25) is 0 Å². The second kappa shape index (κ2) is 7.58. The first-order valence-electron chi connectivity index (χ1n) is 8.08. The van der Waals surface area contributed by atoms with Crippen LogP contribution in [0, 0.1) is 11.8 Å². The van der Waals surface area contributed by atoms with Gasteiger partial charge in [0.25, 0.3) is 0 Å². The summed E-state index contributed by atoms with van der Waals surface area (Å²) in [5.41, 5.74) is 3.07. The quantitative estimate of drug-likeness (QED) is 0.590. The van der Waals surface area contributed by atoms with E-state index in [2.05, 4.69) is 24.2 Å². The third kappa shape index (κ3) is 3.91. The molecule has 2 aliphatic rings. The molecule has 19 heavy (non-hydrogen) atoms. The highest BCUT2D eigenvalue weighted by molar-refractivity contribution is 4.89. The smallest absolute Gasteiger partial charge is 0.0871 e. The van der Waals surface area contributed by atoms with Crippen molar-refractivity contribution in [1.29, 1.82) is 0 Å². The summed E-state index contributed by atoms with van der Waals surface area (Å²) in [7, 11) is 0. The maximum atomic E-state index is 5.99. The van der Waals surface area contributed by atoms with E-state index < -0.39 is 0 Å². The summed E-state index contributed by atoms with van der Waals surface area (Å²) in [4.78, 5) is 2.47. The van der Waals surface area contributed by atoms with Crippen LogP contribution in [-0.2, 0) is 4.74 Å². The first kappa shape index (κ1) is 15.2. The van der Waals surface area contributed by atoms with Gasteiger partial charge in [-0.2, -0.15) is 0 Å². The molecule has 1 aliphatic carbocycles. The molecule has 2 atom stereocenters. The van der Waals surface area contributed by atoms with Crippen LogP contribution >= 0.6 is 0 Å². The lowest BCUT2D eigenvalue weighted by molar-refractivity contribution is -0.0592. The molecule has 0 amide bonds. The van der Waals surface area contributed by atoms with Crippen LogP contribution in [0.4, 0.5) is 0 Å². The van der Waals surface area contributed by atoms with E-state index in [-0.39, 0.29) is 6.10 Å². The van der Waals surface area contributed by atoms with E-state index in [1.807, 2.05) is 0 Å². The molecule has 4 nitrogen and oxygen atoms in total. The first-order chi connectivity index (χ1) is 9.28. The first-order valence-corrected chi connectivity index (χ1v) is 8.08. The second-order valence-corrected chi connectivity index (χ2v) is 6.18. The van der Waals surface area contributed by atoms with E-state index in [1.54, 1.807) is 0 Å². The molecule has 0 radical (unpaired) electrons. The Kier molecular flexibility index (Phi) is 6.07. The Labute approximate surface area is 118 Å². The number of ether oxygens (including phenoxy) is 1. The maximum absolute atomic E-state index is 5.99. The molecule has 1 heterocycles. The molecule has 2 rings (SSSR count). The fourth-order valence-corrected chi connectivity index (χ4v) is 3.74. The third-order valence-corrected chi connectivity index (χ3v) is 5.19. The molecule has 3 N–H and O–H groups in total. The van der Waals surface area contributed by atoms with Gasteiger partial charge >= 0.3 is 0 Å². The van der Waals surface area contributed by atoms with Gasteiger partial charge in [0, 0.05) is 13.1 Å². The molecule has 1 saturated heterocycles. The Bertz CT molecular complexity index is 254. The fraction of sp³-hybridized carbons (Fsp3) is 1.00. The zero-order valence-corrected chi connectivity index (χ0v) is 12.6. The molecule has 0 aromatic carbocycles. The van der Waals surface area contributed by atoms with Crippen molar-refractivity contribution in [1.82, 2.24) is 10.3 Å². The lowest BCUT2D eigenvalue weighted by atomic mass is 9.76. The highest BCUT2D eigenvalue weighted by Gasteiger charge is 2.34. The summed E-state index contributed by atoms with van der Waals surface area (Å²) in [6.45, 7) is 8.58. The Morgan fingerprint density at radius 2 is 2.00 bits per heavy atom. The van der Waals surface area contributed by atoms with Gasteiger partial charge in [-0.1, -0.05) is 33.1 Å². The lowest BCUT2D eigenvalue weighted by Crippen LogP contribution is -2.57. The summed E-state index contributed by atoms with van der Waals surface area (Å²) < 4.78 is 5.99. The van der Waals surface area contributed by atoms with Crippen LogP contribution in [-0.4, -0.2) is 43.3 Å². The van der Waals surface area contributed by atoms with Crippen LogP contribution in [0.5, 0.6) is 0 Å². The number of nitrogens with zero attached hydrogens (tertiary/aromatic N) is 1. The number of hydrogen-bond donors (Lipinski definition) is 2. The Balaban J connectivity index is 1.88. The summed E-state index contributed by atoms with van der Waals surface area (Å²) in [6, 6.07) is 0.326. The highest BCUT2D eigenvalue weighted by Crippen LogP contribution is 2.34. The third-order valence-electron chi connectivity index (χ3n) is 5.19. The van der Waals surface area contributed by atoms with Crippen LogP contribution < -0.4 is 11.3 Å². The van der Waals surface area contributed by atoms with Crippen LogP contribution in [0.3, 0.4) is 0 Å². The zero-order chi connectivity index (χ0) is 13.7. The van der Waals surface area contributed by atoms with E-state index in [4.69, 9.17) is 10.6 Å². The SMILES string of the molecule is CCC1CCC(C(NN)C2CN(CC)CCO2)CC1. The lowest BCUT2D eigenvalue weighted by Gasteiger charge is -2.41. The minimum Gasteiger partial charge on any atom is -0.374 e. The van der Waals surface area contributed by atoms with Crippen molar-refractivity contribution in [3.05, 3.63) is 0 Å². The van der Waals surface area contributed by atoms with Crippen LogP contribution in [0.2, 0.25) is 0 Å². The van der Waals surface area contributed by atoms with Crippen LogP contribution in [0.15, 0.2) is 0 Å². The van der Waals surface area contributed by atoms with E-state index in [0.29, 0.717) is 12.0 Å². The molecule has 112 valence electrons. The molecule has 0 spiro atoms. The van der Waals surface area contributed by atoms with Gasteiger partial charge in [-0.15, -0.1) is 0 Å². The van der Waals surface area contributed by atoms with Crippen molar-refractivity contribution < 1.29 is 4.74 Å². The van der Waals surface area contributed by atoms with Gasteiger partial charge in [-0.3, -0.25) is 16.2 Å². The number of nitrogens with one attached hydrogen (secondary N) is 1. The standard InChI is InChI=1S/C15H31N3O/c1-3-12-5-7-13(8-6-12)15(17-16)14-11-18(4-2)9-10-19-14/h12-15,17H,3-11,16H2,1-2H3. The fourth-order valence-electron chi connectivity index (χ4n) is 3.74. The number of hydrazine groups is 1. The van der Waals surface area contributed by atoms with E-state index in [1.165, 1.54) is 32.1 Å². The van der Waals surface area contributed by atoms with Crippen molar-refractivity contribution >= 4 is 0 Å². The zero-order valence-electron chi connectivity index (χ0n) is 12.6.